The van der Waals surface area contributed by atoms with Gasteiger partial charge in [-0.1, -0.05) is 17.7 Å². The van der Waals surface area contributed by atoms with Gasteiger partial charge in [0.2, 0.25) is 0 Å². The Morgan fingerprint density at radius 3 is 2.94 bits per heavy atom. The van der Waals surface area contributed by atoms with Crippen LogP contribution in [0, 0.1) is 5.82 Å². The lowest BCUT2D eigenvalue weighted by Crippen LogP contribution is -2.22. The lowest BCUT2D eigenvalue weighted by atomic mass is 10.2. The van der Waals surface area contributed by atoms with E-state index in [1.165, 1.54) is 16.8 Å². The molecule has 2 aromatic rings. The molecule has 0 unspecified atom stereocenters. The van der Waals surface area contributed by atoms with Crippen molar-refractivity contribution in [2.24, 2.45) is 0 Å². The fourth-order valence-electron chi connectivity index (χ4n) is 1.34. The minimum atomic E-state index is -0.428. The number of halogens is 2. The Bertz CT molecular complexity index is 568. The van der Waals surface area contributed by atoms with Crippen LogP contribution in [0.1, 0.15) is 5.56 Å². The van der Waals surface area contributed by atoms with Gasteiger partial charge in [0.15, 0.2) is 0 Å². The first-order chi connectivity index (χ1) is 7.66. The largest absolute Gasteiger partial charge is 0.347 e. The average Bonchev–Trinajstić information content (AvgIpc) is 2.25. The van der Waals surface area contributed by atoms with Gasteiger partial charge in [0.05, 0.1) is 6.54 Å². The van der Waals surface area contributed by atoms with Gasteiger partial charge in [-0.2, -0.15) is 0 Å². The first-order valence-corrected chi connectivity index (χ1v) is 5.00. The van der Waals surface area contributed by atoms with Gasteiger partial charge in [0.25, 0.3) is 0 Å². The van der Waals surface area contributed by atoms with Crippen LogP contribution in [0.4, 0.5) is 4.39 Å². The minimum Gasteiger partial charge on any atom is -0.295 e. The molecule has 0 fully saturated rings. The highest BCUT2D eigenvalue weighted by molar-refractivity contribution is 6.30. The number of nitrogens with zero attached hydrogens (tertiary/aromatic N) is 2. The predicted molar refractivity (Wildman–Crippen MR) is 59.0 cm³/mol. The summed E-state index contributed by atoms with van der Waals surface area (Å²) in [6.07, 6.45) is 2.96. The number of hydrogen-bond donors (Lipinski definition) is 0. The summed E-state index contributed by atoms with van der Waals surface area (Å²) in [7, 11) is 0. The van der Waals surface area contributed by atoms with Gasteiger partial charge in [0.1, 0.15) is 5.82 Å². The van der Waals surface area contributed by atoms with Crippen LogP contribution in [-0.2, 0) is 6.54 Å². The lowest BCUT2D eigenvalue weighted by molar-refractivity contribution is 0.593. The summed E-state index contributed by atoms with van der Waals surface area (Å²) in [4.78, 5) is 14.9. The van der Waals surface area contributed by atoms with E-state index >= 15 is 0 Å². The molecule has 0 N–H and O–H groups in total. The first-order valence-electron chi connectivity index (χ1n) is 4.62. The fourth-order valence-corrected chi connectivity index (χ4v) is 1.50. The normalized spacial score (nSPS) is 10.4. The monoisotopic (exact) mass is 238 g/mol. The Morgan fingerprint density at radius 1 is 1.44 bits per heavy atom. The van der Waals surface area contributed by atoms with Gasteiger partial charge in [-0.15, -0.1) is 0 Å². The van der Waals surface area contributed by atoms with E-state index in [-0.39, 0.29) is 6.54 Å². The zero-order chi connectivity index (χ0) is 11.5. The number of rotatable bonds is 2. The highest BCUT2D eigenvalue weighted by Crippen LogP contribution is 2.14. The van der Waals surface area contributed by atoms with E-state index in [9.17, 15) is 9.18 Å². The van der Waals surface area contributed by atoms with Crippen LogP contribution in [0.5, 0.6) is 0 Å². The van der Waals surface area contributed by atoms with Gasteiger partial charge < -0.3 is 0 Å². The fraction of sp³-hybridized carbons (Fsp3) is 0.0909. The molecule has 1 aromatic carbocycles. The Labute approximate surface area is 96.1 Å². The van der Waals surface area contributed by atoms with Crippen LogP contribution in [-0.4, -0.2) is 9.55 Å². The summed E-state index contributed by atoms with van der Waals surface area (Å²) >= 11 is 5.63. The molecule has 0 bridgehead atoms. The molecule has 0 spiro atoms. The highest BCUT2D eigenvalue weighted by atomic mass is 35.5. The van der Waals surface area contributed by atoms with Crippen molar-refractivity contribution in [1.82, 2.24) is 9.55 Å². The zero-order valence-electron chi connectivity index (χ0n) is 8.23. The molecule has 3 nitrogen and oxygen atoms in total. The molecule has 0 aliphatic carbocycles. The summed E-state index contributed by atoms with van der Waals surface area (Å²) in [5, 5.41) is 0.333. The van der Waals surface area contributed by atoms with E-state index in [0.29, 0.717) is 10.6 Å². The Morgan fingerprint density at radius 2 is 2.25 bits per heavy atom. The molecule has 0 saturated heterocycles. The molecule has 0 amide bonds. The van der Waals surface area contributed by atoms with Crippen molar-refractivity contribution in [3.05, 3.63) is 63.5 Å². The van der Waals surface area contributed by atoms with Gasteiger partial charge >= 0.3 is 5.69 Å². The molecule has 5 heteroatoms. The smallest absolute Gasteiger partial charge is 0.295 e. The van der Waals surface area contributed by atoms with E-state index in [4.69, 9.17) is 11.6 Å². The molecular weight excluding hydrogens is 231 g/mol. The second-order valence-electron chi connectivity index (χ2n) is 3.27. The van der Waals surface area contributed by atoms with Crippen molar-refractivity contribution in [2.45, 2.75) is 6.54 Å². The van der Waals surface area contributed by atoms with Crippen LogP contribution in [0.2, 0.25) is 5.02 Å². The lowest BCUT2D eigenvalue weighted by Gasteiger charge is -2.05. The van der Waals surface area contributed by atoms with Crippen molar-refractivity contribution in [2.75, 3.05) is 0 Å². The quantitative estimate of drug-likeness (QED) is 0.803. The van der Waals surface area contributed by atoms with E-state index < -0.39 is 11.5 Å². The third kappa shape index (κ3) is 2.28. The van der Waals surface area contributed by atoms with Crippen molar-refractivity contribution >= 4 is 11.6 Å². The second-order valence-corrected chi connectivity index (χ2v) is 3.70. The Balaban J connectivity index is 2.35. The average molecular weight is 239 g/mol. The molecule has 1 heterocycles. The SMILES string of the molecule is O=c1ncccn1Cc1ccc(Cl)cc1F. The maximum absolute atomic E-state index is 13.4. The third-order valence-corrected chi connectivity index (χ3v) is 2.37. The van der Waals surface area contributed by atoms with Gasteiger partial charge in [0, 0.05) is 23.0 Å². The van der Waals surface area contributed by atoms with Crippen LogP contribution in [0.25, 0.3) is 0 Å². The zero-order valence-corrected chi connectivity index (χ0v) is 8.99. The second kappa shape index (κ2) is 4.45. The Kier molecular flexibility index (Phi) is 3.01. The van der Waals surface area contributed by atoms with Gasteiger partial charge in [-0.05, 0) is 18.2 Å². The van der Waals surface area contributed by atoms with E-state index in [1.807, 2.05) is 0 Å². The molecule has 0 aliphatic heterocycles. The van der Waals surface area contributed by atoms with Crippen molar-refractivity contribution < 1.29 is 4.39 Å². The third-order valence-electron chi connectivity index (χ3n) is 2.14. The van der Waals surface area contributed by atoms with Gasteiger partial charge in [-0.3, -0.25) is 4.57 Å². The van der Waals surface area contributed by atoms with Crippen LogP contribution >= 0.6 is 11.6 Å². The number of aromatic nitrogens is 2. The molecule has 0 radical (unpaired) electrons. The van der Waals surface area contributed by atoms with Gasteiger partial charge in [-0.25, -0.2) is 14.2 Å². The summed E-state index contributed by atoms with van der Waals surface area (Å²) in [5.41, 5.74) is -0.00338. The predicted octanol–water partition coefficient (Wildman–Crippen LogP) is 2.08. The molecule has 0 saturated carbocycles. The molecule has 16 heavy (non-hydrogen) atoms. The summed E-state index contributed by atoms with van der Waals surface area (Å²) in [6.45, 7) is 0.148. The van der Waals surface area contributed by atoms with E-state index in [2.05, 4.69) is 4.98 Å². The summed E-state index contributed by atoms with van der Waals surface area (Å²) in [6, 6.07) is 5.98. The summed E-state index contributed by atoms with van der Waals surface area (Å²) < 4.78 is 14.8. The molecule has 0 aliphatic rings. The molecule has 0 atom stereocenters. The highest BCUT2D eigenvalue weighted by Gasteiger charge is 2.04. The standard InChI is InChI=1S/C11H8ClFN2O/c12-9-3-2-8(10(13)6-9)7-15-5-1-4-14-11(15)16/h1-6H,7H2. The van der Waals surface area contributed by atoms with Crippen LogP contribution in [0.3, 0.4) is 0 Å². The molecule has 82 valence electrons. The Hall–Kier alpha value is -1.68. The van der Waals surface area contributed by atoms with Crippen LogP contribution in [0.15, 0.2) is 41.5 Å². The molecule has 1 aromatic heterocycles. The van der Waals surface area contributed by atoms with Crippen molar-refractivity contribution in [3.8, 4) is 0 Å². The van der Waals surface area contributed by atoms with E-state index in [1.54, 1.807) is 24.4 Å². The summed E-state index contributed by atoms with van der Waals surface area (Å²) in [5.74, 6) is -0.428. The molecule has 2 rings (SSSR count). The minimum absolute atomic E-state index is 0.148. The van der Waals surface area contributed by atoms with E-state index in [0.717, 1.165) is 0 Å². The molecular formula is C11H8ClFN2O. The number of benzene rings is 1. The van der Waals surface area contributed by atoms with Crippen molar-refractivity contribution in [1.29, 1.82) is 0 Å². The maximum atomic E-state index is 13.4. The maximum Gasteiger partial charge on any atom is 0.347 e. The van der Waals surface area contributed by atoms with Crippen molar-refractivity contribution in [3.63, 3.8) is 0 Å². The topological polar surface area (TPSA) is 34.9 Å². The number of hydrogen-bond acceptors (Lipinski definition) is 2. The van der Waals surface area contributed by atoms with Crippen LogP contribution < -0.4 is 5.69 Å². The first kappa shape index (κ1) is 10.8.